The highest BCUT2D eigenvalue weighted by molar-refractivity contribution is 7.99. The highest BCUT2D eigenvalue weighted by Crippen LogP contribution is 2.24. The highest BCUT2D eigenvalue weighted by Gasteiger charge is 2.20. The number of rotatable bonds is 3. The Kier molecular flexibility index (Phi) is 3.98. The largest absolute Gasteiger partial charge is 0.338 e. The van der Waals surface area contributed by atoms with Crippen LogP contribution in [-0.4, -0.2) is 31.2 Å². The van der Waals surface area contributed by atoms with E-state index >= 15 is 0 Å². The standard InChI is InChI=1S/C20H15N5O2S/c26-18(14-11-21-20-25(19(14)27)8-9-28-20)22-13-5-3-4-12(10-13)17-23-15-6-1-2-7-16(15)24-17/h1-7,10-11H,8-9H2,(H,22,26)(H,23,24). The third kappa shape index (κ3) is 2.87. The van der Waals surface area contributed by atoms with E-state index in [1.807, 2.05) is 42.5 Å². The van der Waals surface area contributed by atoms with Crippen LogP contribution in [-0.2, 0) is 6.54 Å². The van der Waals surface area contributed by atoms with Gasteiger partial charge in [-0.15, -0.1) is 0 Å². The van der Waals surface area contributed by atoms with E-state index in [0.717, 1.165) is 22.3 Å². The molecule has 0 bridgehead atoms. The molecule has 3 heterocycles. The van der Waals surface area contributed by atoms with E-state index in [4.69, 9.17) is 0 Å². The van der Waals surface area contributed by atoms with Crippen LogP contribution in [0.15, 0.2) is 64.7 Å². The molecule has 0 saturated heterocycles. The summed E-state index contributed by atoms with van der Waals surface area (Å²) in [6, 6.07) is 15.1. The number of carbonyl (C=O) groups is 1. The van der Waals surface area contributed by atoms with Crippen molar-refractivity contribution >= 4 is 34.4 Å². The number of thioether (sulfide) groups is 1. The Morgan fingerprint density at radius 1 is 1.18 bits per heavy atom. The molecule has 0 spiro atoms. The molecule has 7 nitrogen and oxygen atoms in total. The number of hydrogen-bond acceptors (Lipinski definition) is 5. The number of anilines is 1. The molecule has 0 aliphatic carbocycles. The van der Waals surface area contributed by atoms with E-state index < -0.39 is 5.91 Å². The Labute approximate surface area is 163 Å². The van der Waals surface area contributed by atoms with Crippen LogP contribution in [0, 0.1) is 0 Å². The molecule has 5 rings (SSSR count). The smallest absolute Gasteiger partial charge is 0.267 e. The molecule has 2 aromatic heterocycles. The van der Waals surface area contributed by atoms with Crippen LogP contribution in [0.1, 0.15) is 10.4 Å². The van der Waals surface area contributed by atoms with Crippen LogP contribution >= 0.6 is 11.8 Å². The second-order valence-corrected chi connectivity index (χ2v) is 7.46. The number of fused-ring (bicyclic) bond motifs is 2. The van der Waals surface area contributed by atoms with Crippen LogP contribution in [0.5, 0.6) is 0 Å². The van der Waals surface area contributed by atoms with Gasteiger partial charge in [0.15, 0.2) is 5.16 Å². The molecule has 28 heavy (non-hydrogen) atoms. The van der Waals surface area contributed by atoms with Crippen molar-refractivity contribution in [3.63, 3.8) is 0 Å². The maximum Gasteiger partial charge on any atom is 0.267 e. The van der Waals surface area contributed by atoms with E-state index in [-0.39, 0.29) is 11.1 Å². The van der Waals surface area contributed by atoms with Crippen LogP contribution < -0.4 is 10.9 Å². The number of carbonyl (C=O) groups excluding carboxylic acids is 1. The first-order valence-corrected chi connectivity index (χ1v) is 9.77. The highest BCUT2D eigenvalue weighted by atomic mass is 32.2. The SMILES string of the molecule is O=C(Nc1cccc(-c2nc3ccccc3[nH]2)c1)c1cnc2n(c1=O)CCS2. The monoisotopic (exact) mass is 389 g/mol. The van der Waals surface area contributed by atoms with E-state index in [0.29, 0.717) is 23.2 Å². The average molecular weight is 389 g/mol. The third-order valence-corrected chi connectivity index (χ3v) is 5.56. The van der Waals surface area contributed by atoms with E-state index in [1.54, 1.807) is 10.6 Å². The lowest BCUT2D eigenvalue weighted by atomic mass is 10.2. The molecule has 2 aromatic carbocycles. The van der Waals surface area contributed by atoms with E-state index in [1.165, 1.54) is 18.0 Å². The minimum Gasteiger partial charge on any atom is -0.338 e. The minimum absolute atomic E-state index is 0.0420. The fraction of sp³-hybridized carbons (Fsp3) is 0.100. The zero-order valence-corrected chi connectivity index (χ0v) is 15.5. The topological polar surface area (TPSA) is 92.7 Å². The Hall–Kier alpha value is -3.39. The van der Waals surface area contributed by atoms with Crippen molar-refractivity contribution in [1.29, 1.82) is 0 Å². The Morgan fingerprint density at radius 3 is 2.96 bits per heavy atom. The van der Waals surface area contributed by atoms with Crippen molar-refractivity contribution in [2.24, 2.45) is 0 Å². The first-order chi connectivity index (χ1) is 13.7. The molecule has 1 aliphatic heterocycles. The van der Waals surface area contributed by atoms with Gasteiger partial charge in [-0.3, -0.25) is 14.2 Å². The number of para-hydroxylation sites is 2. The maximum atomic E-state index is 12.6. The summed E-state index contributed by atoms with van der Waals surface area (Å²) in [5.74, 6) is 1.05. The second kappa shape index (κ2) is 6.65. The molecule has 138 valence electrons. The lowest BCUT2D eigenvalue weighted by molar-refractivity contribution is 0.102. The predicted octanol–water partition coefficient (Wildman–Crippen LogP) is 3.14. The van der Waals surface area contributed by atoms with Crippen molar-refractivity contribution in [2.75, 3.05) is 11.1 Å². The van der Waals surface area contributed by atoms with E-state index in [9.17, 15) is 9.59 Å². The molecule has 2 N–H and O–H groups in total. The molecular weight excluding hydrogens is 374 g/mol. The molecule has 0 unspecified atom stereocenters. The zero-order chi connectivity index (χ0) is 19.1. The molecular formula is C20H15N5O2S. The second-order valence-electron chi connectivity index (χ2n) is 6.40. The maximum absolute atomic E-state index is 12.6. The van der Waals surface area contributed by atoms with Gasteiger partial charge >= 0.3 is 0 Å². The summed E-state index contributed by atoms with van der Waals surface area (Å²) in [5.41, 5.74) is 2.99. The Bertz CT molecular complexity index is 1240. The van der Waals surface area contributed by atoms with Gasteiger partial charge < -0.3 is 10.3 Å². The van der Waals surface area contributed by atoms with Gasteiger partial charge in [-0.05, 0) is 24.3 Å². The summed E-state index contributed by atoms with van der Waals surface area (Å²) in [6.07, 6.45) is 1.35. The predicted molar refractivity (Wildman–Crippen MR) is 109 cm³/mol. The lowest BCUT2D eigenvalue weighted by Crippen LogP contribution is -2.29. The van der Waals surface area contributed by atoms with Gasteiger partial charge in [0.05, 0.1) is 11.0 Å². The number of imidazole rings is 1. The molecule has 0 radical (unpaired) electrons. The number of H-pyrrole nitrogens is 1. The van der Waals surface area contributed by atoms with Crippen LogP contribution in [0.2, 0.25) is 0 Å². The summed E-state index contributed by atoms with van der Waals surface area (Å²) >= 11 is 1.52. The van der Waals surface area contributed by atoms with Gasteiger partial charge in [-0.1, -0.05) is 36.0 Å². The molecule has 1 amide bonds. The number of benzene rings is 2. The summed E-state index contributed by atoms with van der Waals surface area (Å²) in [5, 5.41) is 3.45. The Morgan fingerprint density at radius 2 is 2.07 bits per heavy atom. The number of aromatic amines is 1. The summed E-state index contributed by atoms with van der Waals surface area (Å²) in [7, 11) is 0. The number of aromatic nitrogens is 4. The van der Waals surface area contributed by atoms with Gasteiger partial charge in [-0.25, -0.2) is 9.97 Å². The number of nitrogens with one attached hydrogen (secondary N) is 2. The third-order valence-electron chi connectivity index (χ3n) is 4.58. The normalized spacial score (nSPS) is 12.9. The van der Waals surface area contributed by atoms with Crippen molar-refractivity contribution in [3.05, 3.63) is 70.6 Å². The molecule has 0 fully saturated rings. The van der Waals surface area contributed by atoms with Gasteiger partial charge in [0.25, 0.3) is 11.5 Å². The number of amides is 1. The number of hydrogen-bond donors (Lipinski definition) is 2. The quantitative estimate of drug-likeness (QED) is 0.525. The Balaban J connectivity index is 1.44. The fourth-order valence-electron chi connectivity index (χ4n) is 3.21. The lowest BCUT2D eigenvalue weighted by Gasteiger charge is -2.08. The summed E-state index contributed by atoms with van der Waals surface area (Å²) < 4.78 is 1.55. The van der Waals surface area contributed by atoms with Gasteiger partial charge in [0.2, 0.25) is 0 Å². The zero-order valence-electron chi connectivity index (χ0n) is 14.7. The molecule has 8 heteroatoms. The van der Waals surface area contributed by atoms with Crippen LogP contribution in [0.4, 0.5) is 5.69 Å². The minimum atomic E-state index is -0.466. The van der Waals surface area contributed by atoms with Gasteiger partial charge in [0.1, 0.15) is 11.4 Å². The molecule has 4 aromatic rings. The van der Waals surface area contributed by atoms with Gasteiger partial charge in [-0.2, -0.15) is 0 Å². The van der Waals surface area contributed by atoms with Crippen molar-refractivity contribution < 1.29 is 4.79 Å². The molecule has 0 saturated carbocycles. The number of nitrogens with zero attached hydrogens (tertiary/aromatic N) is 3. The van der Waals surface area contributed by atoms with Crippen molar-refractivity contribution in [2.45, 2.75) is 11.7 Å². The first-order valence-electron chi connectivity index (χ1n) is 8.78. The van der Waals surface area contributed by atoms with Crippen LogP contribution in [0.25, 0.3) is 22.4 Å². The summed E-state index contributed by atoms with van der Waals surface area (Å²) in [4.78, 5) is 37.2. The van der Waals surface area contributed by atoms with Crippen molar-refractivity contribution in [3.8, 4) is 11.4 Å². The van der Waals surface area contributed by atoms with E-state index in [2.05, 4.69) is 20.3 Å². The molecule has 1 aliphatic rings. The molecule has 0 atom stereocenters. The van der Waals surface area contributed by atoms with Gasteiger partial charge in [0, 0.05) is 29.7 Å². The van der Waals surface area contributed by atoms with Crippen LogP contribution in [0.3, 0.4) is 0 Å². The fourth-order valence-corrected chi connectivity index (χ4v) is 4.12. The van der Waals surface area contributed by atoms with Crippen molar-refractivity contribution in [1.82, 2.24) is 19.5 Å². The first kappa shape index (κ1) is 16.8. The average Bonchev–Trinajstić information content (AvgIpc) is 3.35. The summed E-state index contributed by atoms with van der Waals surface area (Å²) in [6.45, 7) is 0.578.